The van der Waals surface area contributed by atoms with Gasteiger partial charge in [0.1, 0.15) is 48.8 Å². The van der Waals surface area contributed by atoms with E-state index in [1.807, 2.05) is 119 Å². The normalized spacial score (nSPS) is 34.1. The van der Waals surface area contributed by atoms with E-state index in [-0.39, 0.29) is 6.61 Å². The molecule has 4 aliphatic heterocycles. The molecule has 11 nitrogen and oxygen atoms in total. The van der Waals surface area contributed by atoms with E-state index in [2.05, 4.69) is 0 Å². The van der Waals surface area contributed by atoms with Crippen LogP contribution in [0.15, 0.2) is 91.0 Å². The predicted molar refractivity (Wildman–Crippen MR) is 184 cm³/mol. The average molecular weight is 707 g/mol. The lowest BCUT2D eigenvalue weighted by atomic mass is 9.95. The Balaban J connectivity index is 1.20. The number of rotatable bonds is 13. The minimum atomic E-state index is -0.895. The Labute approximate surface area is 300 Å². The van der Waals surface area contributed by atoms with Crippen molar-refractivity contribution in [1.29, 1.82) is 0 Å². The largest absolute Gasteiger partial charge is 0.374 e. The van der Waals surface area contributed by atoms with Crippen LogP contribution in [0.4, 0.5) is 0 Å². The lowest BCUT2D eigenvalue weighted by Crippen LogP contribution is -2.67. The third-order valence-electron chi connectivity index (χ3n) is 9.53. The zero-order valence-electron chi connectivity index (χ0n) is 30.0. The zero-order chi connectivity index (χ0) is 35.4. The van der Waals surface area contributed by atoms with Gasteiger partial charge < -0.3 is 52.1 Å². The number of methoxy groups -OCH3 is 1. The lowest BCUT2D eigenvalue weighted by Gasteiger charge is -2.50. The molecule has 3 aromatic rings. The Bertz CT molecular complexity index is 1510. The summed E-state index contributed by atoms with van der Waals surface area (Å²) in [4.78, 5) is 0. The van der Waals surface area contributed by atoms with Crippen LogP contribution in [0.25, 0.3) is 0 Å². The van der Waals surface area contributed by atoms with Crippen molar-refractivity contribution in [3.05, 3.63) is 108 Å². The second-order valence-corrected chi connectivity index (χ2v) is 14.3. The average Bonchev–Trinajstić information content (AvgIpc) is 3.47. The van der Waals surface area contributed by atoms with Crippen molar-refractivity contribution < 1.29 is 52.1 Å². The third-order valence-corrected chi connectivity index (χ3v) is 9.53. The SMILES string of the molecule is CO[C@H]1O[C@H](COCc2ccccc2)[C@@H](O[C@H]2O[C@@H]3COC(C)(C)O[C@H]3[C@@H]3OC(C)(C)O[C@H]23)[C@H](OCc2ccccc2)[C@H]1OCc1ccccc1. The molecule has 0 radical (unpaired) electrons. The van der Waals surface area contributed by atoms with Crippen molar-refractivity contribution in [3.63, 3.8) is 0 Å². The van der Waals surface area contributed by atoms with Gasteiger partial charge in [0.15, 0.2) is 24.2 Å². The minimum absolute atomic E-state index is 0.187. The van der Waals surface area contributed by atoms with Gasteiger partial charge in [-0.1, -0.05) is 91.0 Å². The van der Waals surface area contributed by atoms with E-state index < -0.39 is 73.0 Å². The van der Waals surface area contributed by atoms with Gasteiger partial charge in [-0.2, -0.15) is 0 Å². The summed E-state index contributed by atoms with van der Waals surface area (Å²) < 4.78 is 71.2. The van der Waals surface area contributed by atoms with Crippen molar-refractivity contribution in [2.75, 3.05) is 20.3 Å². The summed E-state index contributed by atoms with van der Waals surface area (Å²) in [5, 5.41) is 0. The summed E-state index contributed by atoms with van der Waals surface area (Å²) in [6.07, 6.45) is -6.35. The van der Waals surface area contributed by atoms with Gasteiger partial charge in [0.05, 0.1) is 33.0 Å². The maximum Gasteiger partial charge on any atom is 0.187 e. The van der Waals surface area contributed by atoms with E-state index in [4.69, 9.17) is 52.1 Å². The van der Waals surface area contributed by atoms with Gasteiger partial charge in [-0.15, -0.1) is 0 Å². The van der Waals surface area contributed by atoms with Gasteiger partial charge in [-0.3, -0.25) is 0 Å². The van der Waals surface area contributed by atoms with E-state index in [1.165, 1.54) is 0 Å². The second kappa shape index (κ2) is 16.1. The van der Waals surface area contributed by atoms with E-state index >= 15 is 0 Å². The first-order chi connectivity index (χ1) is 24.7. The van der Waals surface area contributed by atoms with Crippen LogP contribution in [0.5, 0.6) is 0 Å². The molecule has 4 aliphatic rings. The highest BCUT2D eigenvalue weighted by atomic mass is 16.8. The quantitative estimate of drug-likeness (QED) is 0.225. The maximum absolute atomic E-state index is 7.03. The molecule has 0 saturated carbocycles. The molecular weight excluding hydrogens is 656 g/mol. The molecule has 4 heterocycles. The first kappa shape index (κ1) is 36.6. The molecule has 4 fully saturated rings. The molecule has 0 amide bonds. The summed E-state index contributed by atoms with van der Waals surface area (Å²) in [7, 11) is 1.60. The van der Waals surface area contributed by atoms with Gasteiger partial charge in [-0.05, 0) is 44.4 Å². The molecule has 10 atom stereocenters. The van der Waals surface area contributed by atoms with E-state index in [0.29, 0.717) is 26.4 Å². The molecular formula is C40H50O11. The zero-order valence-corrected chi connectivity index (χ0v) is 30.0. The van der Waals surface area contributed by atoms with Crippen molar-refractivity contribution >= 4 is 0 Å². The molecule has 4 saturated heterocycles. The van der Waals surface area contributed by atoms with Crippen molar-refractivity contribution in [1.82, 2.24) is 0 Å². The maximum atomic E-state index is 7.03. The number of hydrogen-bond donors (Lipinski definition) is 0. The van der Waals surface area contributed by atoms with Gasteiger partial charge in [0.2, 0.25) is 0 Å². The standard InChI is InChI=1S/C40H50O11/c1-39(2)45-25-30-32(49-39)34-36(51-40(3,4)50-34)38(47-30)48-31-29(24-42-21-26-15-9-6-10-16-26)46-37(41-5)35(44-23-28-19-13-8-14-20-28)33(31)43-22-27-17-11-7-12-18-27/h6-20,29-38H,21-25H2,1-5H3/t29-,30-,31-,32-,33+,34+,35-,36+,37+,38-/m1/s1. The Morgan fingerprint density at radius 3 is 1.75 bits per heavy atom. The highest BCUT2D eigenvalue weighted by molar-refractivity contribution is 5.15. The molecule has 51 heavy (non-hydrogen) atoms. The minimum Gasteiger partial charge on any atom is -0.374 e. The Morgan fingerprint density at radius 1 is 0.588 bits per heavy atom. The number of fused-ring (bicyclic) bond motifs is 3. The second-order valence-electron chi connectivity index (χ2n) is 14.3. The molecule has 0 aromatic heterocycles. The Hall–Kier alpha value is -2.78. The van der Waals surface area contributed by atoms with Crippen LogP contribution in [0, 0.1) is 0 Å². The highest BCUT2D eigenvalue weighted by Crippen LogP contribution is 2.43. The molecule has 0 spiro atoms. The van der Waals surface area contributed by atoms with Crippen LogP contribution in [-0.4, -0.2) is 93.3 Å². The number of benzene rings is 3. The van der Waals surface area contributed by atoms with Crippen molar-refractivity contribution in [3.8, 4) is 0 Å². The topological polar surface area (TPSA) is 102 Å². The summed E-state index contributed by atoms with van der Waals surface area (Å²) in [6.45, 7) is 9.03. The van der Waals surface area contributed by atoms with E-state index in [9.17, 15) is 0 Å². The van der Waals surface area contributed by atoms with Crippen LogP contribution in [0.3, 0.4) is 0 Å². The molecule has 3 aromatic carbocycles. The fraction of sp³-hybridized carbons (Fsp3) is 0.550. The van der Waals surface area contributed by atoms with Gasteiger partial charge in [-0.25, -0.2) is 0 Å². The predicted octanol–water partition coefficient (Wildman–Crippen LogP) is 5.53. The lowest BCUT2D eigenvalue weighted by molar-refractivity contribution is -0.391. The van der Waals surface area contributed by atoms with E-state index in [1.54, 1.807) is 7.11 Å². The fourth-order valence-electron chi connectivity index (χ4n) is 7.14. The molecule has 0 aliphatic carbocycles. The van der Waals surface area contributed by atoms with Crippen molar-refractivity contribution in [2.24, 2.45) is 0 Å². The van der Waals surface area contributed by atoms with Crippen LogP contribution in [0.1, 0.15) is 44.4 Å². The number of ether oxygens (including phenoxy) is 11. The molecule has 11 heteroatoms. The Kier molecular flexibility index (Phi) is 11.5. The third kappa shape index (κ3) is 8.89. The number of hydrogen-bond acceptors (Lipinski definition) is 11. The molecule has 0 bridgehead atoms. The molecule has 7 rings (SSSR count). The molecule has 0 N–H and O–H groups in total. The van der Waals surface area contributed by atoms with Crippen LogP contribution >= 0.6 is 0 Å². The smallest absolute Gasteiger partial charge is 0.187 e. The Morgan fingerprint density at radius 2 is 1.14 bits per heavy atom. The van der Waals surface area contributed by atoms with E-state index in [0.717, 1.165) is 16.7 Å². The summed E-state index contributed by atoms with van der Waals surface area (Å²) in [6, 6.07) is 30.0. The van der Waals surface area contributed by atoms with Crippen LogP contribution in [0.2, 0.25) is 0 Å². The molecule has 276 valence electrons. The van der Waals surface area contributed by atoms with Gasteiger partial charge in [0.25, 0.3) is 0 Å². The van der Waals surface area contributed by atoms with Gasteiger partial charge in [0, 0.05) is 7.11 Å². The first-order valence-corrected chi connectivity index (χ1v) is 17.8. The summed E-state index contributed by atoms with van der Waals surface area (Å²) >= 11 is 0. The fourth-order valence-corrected chi connectivity index (χ4v) is 7.14. The monoisotopic (exact) mass is 706 g/mol. The first-order valence-electron chi connectivity index (χ1n) is 17.8. The van der Waals surface area contributed by atoms with Gasteiger partial charge >= 0.3 is 0 Å². The van der Waals surface area contributed by atoms with Crippen LogP contribution < -0.4 is 0 Å². The molecule has 0 unspecified atom stereocenters. The van der Waals surface area contributed by atoms with Crippen LogP contribution in [-0.2, 0) is 71.9 Å². The summed E-state index contributed by atoms with van der Waals surface area (Å²) in [5.41, 5.74) is 3.04. The highest BCUT2D eigenvalue weighted by Gasteiger charge is 2.60. The van der Waals surface area contributed by atoms with Crippen molar-refractivity contribution in [2.45, 2.75) is 121 Å². The summed E-state index contributed by atoms with van der Waals surface area (Å²) in [5.74, 6) is -1.69.